The highest BCUT2D eigenvalue weighted by atomic mass is 16.1. The Morgan fingerprint density at radius 3 is 2.85 bits per heavy atom. The maximum atomic E-state index is 11.9. The molecule has 0 aromatic heterocycles. The Kier molecular flexibility index (Phi) is 3.42. The molecule has 3 N–H and O–H groups in total. The van der Waals surface area contributed by atoms with Crippen molar-refractivity contribution in [2.45, 2.75) is 18.8 Å². The van der Waals surface area contributed by atoms with Gasteiger partial charge >= 0.3 is 0 Å². The first-order valence-electron chi connectivity index (χ1n) is 6.91. The molecule has 2 aromatic rings. The van der Waals surface area contributed by atoms with Gasteiger partial charge in [0.15, 0.2) is 0 Å². The van der Waals surface area contributed by atoms with Gasteiger partial charge in [0.1, 0.15) is 0 Å². The normalized spacial score (nSPS) is 16.1. The van der Waals surface area contributed by atoms with Gasteiger partial charge in [-0.25, -0.2) is 0 Å². The van der Waals surface area contributed by atoms with Gasteiger partial charge in [-0.1, -0.05) is 36.4 Å². The average molecular weight is 266 g/mol. The Balaban J connectivity index is 1.51. The molecule has 1 aliphatic rings. The van der Waals surface area contributed by atoms with E-state index >= 15 is 0 Å². The van der Waals surface area contributed by atoms with Crippen molar-refractivity contribution in [3.63, 3.8) is 0 Å². The predicted molar refractivity (Wildman–Crippen MR) is 80.5 cm³/mol. The lowest BCUT2D eigenvalue weighted by molar-refractivity contribution is -0.120. The van der Waals surface area contributed by atoms with Crippen molar-refractivity contribution in [2.75, 3.05) is 12.3 Å². The molecule has 0 radical (unpaired) electrons. The molecule has 0 bridgehead atoms. The summed E-state index contributed by atoms with van der Waals surface area (Å²) in [5.74, 6) is 0.524. The molecule has 1 aliphatic carbocycles. The fourth-order valence-corrected chi connectivity index (χ4v) is 2.73. The van der Waals surface area contributed by atoms with Gasteiger partial charge in [-0.05, 0) is 35.2 Å². The number of rotatable bonds is 4. The number of benzene rings is 2. The van der Waals surface area contributed by atoms with Gasteiger partial charge < -0.3 is 11.1 Å². The molecule has 0 heterocycles. The van der Waals surface area contributed by atoms with Crippen molar-refractivity contribution >= 4 is 11.6 Å². The SMILES string of the molecule is Nc1cccc(CC(=O)NCC2Cc3ccccc32)c1. The lowest BCUT2D eigenvalue weighted by atomic mass is 9.77. The quantitative estimate of drug-likeness (QED) is 0.834. The molecule has 1 amide bonds. The molecule has 102 valence electrons. The monoisotopic (exact) mass is 266 g/mol. The number of nitrogens with two attached hydrogens (primary N) is 1. The Morgan fingerprint density at radius 2 is 2.05 bits per heavy atom. The number of hydrogen-bond donors (Lipinski definition) is 2. The largest absolute Gasteiger partial charge is 0.399 e. The van der Waals surface area contributed by atoms with Crippen molar-refractivity contribution in [1.82, 2.24) is 5.32 Å². The highest BCUT2D eigenvalue weighted by molar-refractivity contribution is 5.79. The van der Waals surface area contributed by atoms with Crippen LogP contribution in [0.4, 0.5) is 5.69 Å². The van der Waals surface area contributed by atoms with Gasteiger partial charge in [-0.15, -0.1) is 0 Å². The Morgan fingerprint density at radius 1 is 1.20 bits per heavy atom. The molecule has 1 atom stereocenters. The first-order valence-corrected chi connectivity index (χ1v) is 6.91. The summed E-state index contributed by atoms with van der Waals surface area (Å²) in [5.41, 5.74) is 10.1. The minimum atomic E-state index is 0.0555. The Bertz CT molecular complexity index is 636. The van der Waals surface area contributed by atoms with Crippen LogP contribution in [-0.2, 0) is 17.6 Å². The van der Waals surface area contributed by atoms with E-state index in [1.54, 1.807) is 0 Å². The number of carbonyl (C=O) groups excluding carboxylic acids is 1. The second-order valence-electron chi connectivity index (χ2n) is 5.33. The molecule has 0 aliphatic heterocycles. The topological polar surface area (TPSA) is 55.1 Å². The van der Waals surface area contributed by atoms with Gasteiger partial charge in [0.05, 0.1) is 6.42 Å². The van der Waals surface area contributed by atoms with Gasteiger partial charge in [0, 0.05) is 18.2 Å². The standard InChI is InChI=1S/C17H18N2O/c18-15-6-3-4-12(8-15)9-17(20)19-11-14-10-13-5-1-2-7-16(13)14/h1-8,14H,9-11,18H2,(H,19,20). The van der Waals surface area contributed by atoms with Crippen LogP contribution in [0.5, 0.6) is 0 Å². The van der Waals surface area contributed by atoms with Gasteiger partial charge in [0.2, 0.25) is 5.91 Å². The molecule has 3 rings (SSSR count). The van der Waals surface area contributed by atoms with Crippen LogP contribution in [0.1, 0.15) is 22.6 Å². The lowest BCUT2D eigenvalue weighted by Gasteiger charge is -2.30. The molecule has 0 spiro atoms. The zero-order valence-electron chi connectivity index (χ0n) is 11.3. The van der Waals surface area contributed by atoms with E-state index in [9.17, 15) is 4.79 Å². The number of carbonyl (C=O) groups is 1. The molecule has 0 fully saturated rings. The average Bonchev–Trinajstić information content (AvgIpc) is 2.40. The molecular formula is C17H18N2O. The van der Waals surface area contributed by atoms with E-state index in [1.165, 1.54) is 11.1 Å². The fourth-order valence-electron chi connectivity index (χ4n) is 2.73. The minimum Gasteiger partial charge on any atom is -0.399 e. The molecule has 0 saturated carbocycles. The summed E-state index contributed by atoms with van der Waals surface area (Å²) in [7, 11) is 0. The van der Waals surface area contributed by atoms with Crippen molar-refractivity contribution in [1.29, 1.82) is 0 Å². The number of anilines is 1. The molecule has 0 saturated heterocycles. The van der Waals surface area contributed by atoms with Gasteiger partial charge in [0.25, 0.3) is 0 Å². The number of nitrogens with one attached hydrogen (secondary N) is 1. The second kappa shape index (κ2) is 5.37. The summed E-state index contributed by atoms with van der Waals surface area (Å²) >= 11 is 0. The van der Waals surface area contributed by atoms with Crippen LogP contribution < -0.4 is 11.1 Å². The Labute approximate surface area is 118 Å². The maximum Gasteiger partial charge on any atom is 0.224 e. The molecule has 3 heteroatoms. The van der Waals surface area contributed by atoms with E-state index < -0.39 is 0 Å². The second-order valence-corrected chi connectivity index (χ2v) is 5.33. The molecular weight excluding hydrogens is 248 g/mol. The van der Waals surface area contributed by atoms with Crippen LogP contribution in [0, 0.1) is 0 Å². The van der Waals surface area contributed by atoms with Crippen molar-refractivity contribution in [3.8, 4) is 0 Å². The molecule has 2 aromatic carbocycles. The summed E-state index contributed by atoms with van der Waals surface area (Å²) in [6.07, 6.45) is 1.45. The van der Waals surface area contributed by atoms with Crippen molar-refractivity contribution in [3.05, 3.63) is 65.2 Å². The number of amides is 1. The fraction of sp³-hybridized carbons (Fsp3) is 0.235. The third kappa shape index (κ3) is 2.67. The van der Waals surface area contributed by atoms with Gasteiger partial charge in [-0.2, -0.15) is 0 Å². The summed E-state index contributed by atoms with van der Waals surface area (Å²) in [6, 6.07) is 15.9. The summed E-state index contributed by atoms with van der Waals surface area (Å²) in [4.78, 5) is 11.9. The third-order valence-corrected chi connectivity index (χ3v) is 3.82. The van der Waals surface area contributed by atoms with Crippen LogP contribution in [-0.4, -0.2) is 12.5 Å². The number of nitrogen functional groups attached to an aromatic ring is 1. The van der Waals surface area contributed by atoms with E-state index in [-0.39, 0.29) is 5.91 Å². The molecule has 20 heavy (non-hydrogen) atoms. The lowest BCUT2D eigenvalue weighted by Crippen LogP contribution is -2.33. The van der Waals surface area contributed by atoms with Crippen LogP contribution in [0.25, 0.3) is 0 Å². The maximum absolute atomic E-state index is 11.9. The first-order chi connectivity index (χ1) is 9.72. The van der Waals surface area contributed by atoms with E-state index in [2.05, 4.69) is 29.6 Å². The zero-order valence-corrected chi connectivity index (χ0v) is 11.3. The smallest absolute Gasteiger partial charge is 0.224 e. The van der Waals surface area contributed by atoms with E-state index in [4.69, 9.17) is 5.73 Å². The zero-order chi connectivity index (χ0) is 13.9. The Hall–Kier alpha value is -2.29. The third-order valence-electron chi connectivity index (χ3n) is 3.82. The van der Waals surface area contributed by atoms with Crippen molar-refractivity contribution < 1.29 is 4.79 Å². The molecule has 1 unspecified atom stereocenters. The highest BCUT2D eigenvalue weighted by Crippen LogP contribution is 2.33. The first kappa shape index (κ1) is 12.7. The van der Waals surface area contributed by atoms with E-state index in [0.717, 1.165) is 18.5 Å². The molecule has 3 nitrogen and oxygen atoms in total. The van der Waals surface area contributed by atoms with Crippen LogP contribution in [0.15, 0.2) is 48.5 Å². The van der Waals surface area contributed by atoms with Crippen LogP contribution >= 0.6 is 0 Å². The van der Waals surface area contributed by atoms with Crippen molar-refractivity contribution in [2.24, 2.45) is 0 Å². The summed E-state index contributed by atoms with van der Waals surface area (Å²) in [6.45, 7) is 0.720. The van der Waals surface area contributed by atoms with E-state index in [0.29, 0.717) is 18.0 Å². The summed E-state index contributed by atoms with van der Waals surface area (Å²) in [5, 5.41) is 3.01. The number of hydrogen-bond acceptors (Lipinski definition) is 2. The highest BCUT2D eigenvalue weighted by Gasteiger charge is 2.25. The van der Waals surface area contributed by atoms with E-state index in [1.807, 2.05) is 24.3 Å². The minimum absolute atomic E-state index is 0.0555. The predicted octanol–water partition coefficient (Wildman–Crippen LogP) is 2.27. The van der Waals surface area contributed by atoms with Gasteiger partial charge in [-0.3, -0.25) is 4.79 Å². The summed E-state index contributed by atoms with van der Waals surface area (Å²) < 4.78 is 0. The number of fused-ring (bicyclic) bond motifs is 1. The van der Waals surface area contributed by atoms with Crippen LogP contribution in [0.2, 0.25) is 0 Å². The van der Waals surface area contributed by atoms with Crippen LogP contribution in [0.3, 0.4) is 0 Å².